The summed E-state index contributed by atoms with van der Waals surface area (Å²) in [6.45, 7) is 0.725. The molecule has 1 aromatic rings. The van der Waals surface area contributed by atoms with Gasteiger partial charge < -0.3 is 16.2 Å². The van der Waals surface area contributed by atoms with Crippen molar-refractivity contribution in [3.63, 3.8) is 0 Å². The monoisotopic (exact) mass is 322 g/mol. The van der Waals surface area contributed by atoms with E-state index in [1.54, 1.807) is 7.11 Å². The van der Waals surface area contributed by atoms with Gasteiger partial charge in [-0.2, -0.15) is 0 Å². The maximum absolute atomic E-state index is 6.14. The minimum Gasteiger partial charge on any atom is -0.496 e. The second-order valence-corrected chi connectivity index (χ2v) is 4.69. The molecule has 4 N–H and O–H groups in total. The van der Waals surface area contributed by atoms with Crippen LogP contribution in [-0.4, -0.2) is 13.7 Å². The lowest BCUT2D eigenvalue weighted by Gasteiger charge is -2.15. The van der Waals surface area contributed by atoms with Gasteiger partial charge in [-0.1, -0.05) is 22.4 Å². The molecule has 1 atom stereocenters. The Morgan fingerprint density at radius 2 is 2.06 bits per heavy atom. The van der Waals surface area contributed by atoms with Gasteiger partial charge in [0.15, 0.2) is 0 Å². The highest BCUT2D eigenvalue weighted by atomic mass is 79.9. The summed E-state index contributed by atoms with van der Waals surface area (Å²) in [7, 11) is 1.67. The second kappa shape index (κ2) is 8.75. The molecular formula is C12H20BrClN2O. The molecular weight excluding hydrogens is 304 g/mol. The van der Waals surface area contributed by atoms with E-state index < -0.39 is 0 Å². The van der Waals surface area contributed by atoms with Crippen molar-refractivity contribution in [2.45, 2.75) is 25.3 Å². The summed E-state index contributed by atoms with van der Waals surface area (Å²) in [6, 6.07) is 5.92. The number of halogens is 2. The summed E-state index contributed by atoms with van der Waals surface area (Å²) in [6.07, 6.45) is 3.00. The van der Waals surface area contributed by atoms with Crippen molar-refractivity contribution >= 4 is 28.3 Å². The summed E-state index contributed by atoms with van der Waals surface area (Å²) < 4.78 is 6.33. The summed E-state index contributed by atoms with van der Waals surface area (Å²) in [5.74, 6) is 0.850. The average molecular weight is 324 g/mol. The lowest BCUT2D eigenvalue weighted by molar-refractivity contribution is 0.403. The molecule has 0 aliphatic rings. The third-order valence-corrected chi connectivity index (χ3v) is 3.05. The maximum atomic E-state index is 6.14. The Bertz CT molecular complexity index is 336. The molecule has 98 valence electrons. The Morgan fingerprint density at radius 3 is 2.65 bits per heavy atom. The fourth-order valence-electron chi connectivity index (χ4n) is 1.66. The van der Waals surface area contributed by atoms with Crippen LogP contribution in [0.5, 0.6) is 5.75 Å². The van der Waals surface area contributed by atoms with Gasteiger partial charge in [0.25, 0.3) is 0 Å². The Morgan fingerprint density at radius 1 is 1.35 bits per heavy atom. The molecule has 0 aliphatic carbocycles. The van der Waals surface area contributed by atoms with E-state index in [-0.39, 0.29) is 18.4 Å². The standard InChI is InChI=1S/C12H19BrN2O.ClH/c1-16-12-6-5-9(13)8-10(12)11(15)4-2-3-7-14;/h5-6,8,11H,2-4,7,14-15H2,1H3;1H/t11-;/m0./s1. The molecule has 0 aromatic heterocycles. The van der Waals surface area contributed by atoms with Crippen molar-refractivity contribution in [2.75, 3.05) is 13.7 Å². The molecule has 0 fully saturated rings. The number of benzene rings is 1. The molecule has 0 amide bonds. The van der Waals surface area contributed by atoms with Crippen LogP contribution >= 0.6 is 28.3 Å². The topological polar surface area (TPSA) is 61.3 Å². The molecule has 3 nitrogen and oxygen atoms in total. The van der Waals surface area contributed by atoms with E-state index in [0.29, 0.717) is 0 Å². The maximum Gasteiger partial charge on any atom is 0.123 e. The van der Waals surface area contributed by atoms with Crippen LogP contribution < -0.4 is 16.2 Å². The first-order chi connectivity index (χ1) is 7.69. The third kappa shape index (κ3) is 5.25. The van der Waals surface area contributed by atoms with Crippen LogP contribution in [0.1, 0.15) is 30.9 Å². The fourth-order valence-corrected chi connectivity index (χ4v) is 2.04. The van der Waals surface area contributed by atoms with Crippen molar-refractivity contribution in [1.82, 2.24) is 0 Å². The van der Waals surface area contributed by atoms with E-state index in [0.717, 1.165) is 41.6 Å². The number of unbranched alkanes of at least 4 members (excludes halogenated alkanes) is 1. The second-order valence-electron chi connectivity index (χ2n) is 3.78. The predicted octanol–water partition coefficient (Wildman–Crippen LogP) is 3.01. The van der Waals surface area contributed by atoms with E-state index in [4.69, 9.17) is 16.2 Å². The van der Waals surface area contributed by atoms with Gasteiger partial charge in [-0.25, -0.2) is 0 Å². The molecule has 0 unspecified atom stereocenters. The van der Waals surface area contributed by atoms with Crippen LogP contribution in [0.2, 0.25) is 0 Å². The van der Waals surface area contributed by atoms with Gasteiger partial charge in [0.2, 0.25) is 0 Å². The minimum absolute atomic E-state index is 0. The minimum atomic E-state index is 0. The van der Waals surface area contributed by atoms with Crippen LogP contribution in [-0.2, 0) is 0 Å². The first-order valence-electron chi connectivity index (χ1n) is 5.48. The van der Waals surface area contributed by atoms with Crippen molar-refractivity contribution in [1.29, 1.82) is 0 Å². The molecule has 0 saturated carbocycles. The van der Waals surface area contributed by atoms with Gasteiger partial charge in [0.05, 0.1) is 7.11 Å². The summed E-state index contributed by atoms with van der Waals surface area (Å²) in [4.78, 5) is 0. The highest BCUT2D eigenvalue weighted by molar-refractivity contribution is 9.10. The smallest absolute Gasteiger partial charge is 0.123 e. The zero-order valence-corrected chi connectivity index (χ0v) is 12.4. The zero-order valence-electron chi connectivity index (χ0n) is 9.99. The van der Waals surface area contributed by atoms with Crippen LogP contribution in [0.15, 0.2) is 22.7 Å². The van der Waals surface area contributed by atoms with Crippen molar-refractivity contribution < 1.29 is 4.74 Å². The highest BCUT2D eigenvalue weighted by Crippen LogP contribution is 2.29. The van der Waals surface area contributed by atoms with E-state index in [2.05, 4.69) is 15.9 Å². The quantitative estimate of drug-likeness (QED) is 0.791. The molecule has 1 aromatic carbocycles. The normalized spacial score (nSPS) is 11.8. The number of hydrogen-bond acceptors (Lipinski definition) is 3. The molecule has 0 bridgehead atoms. The van der Waals surface area contributed by atoms with Crippen molar-refractivity contribution in [2.24, 2.45) is 11.5 Å². The number of hydrogen-bond donors (Lipinski definition) is 2. The number of rotatable bonds is 6. The Kier molecular flexibility index (Phi) is 8.60. The van der Waals surface area contributed by atoms with Crippen LogP contribution in [0.4, 0.5) is 0 Å². The SMILES string of the molecule is COc1ccc(Br)cc1[C@@H](N)CCCCN.Cl. The van der Waals surface area contributed by atoms with Gasteiger partial charge in [-0.3, -0.25) is 0 Å². The van der Waals surface area contributed by atoms with Gasteiger partial charge in [0.1, 0.15) is 5.75 Å². The lowest BCUT2D eigenvalue weighted by Crippen LogP contribution is -2.12. The van der Waals surface area contributed by atoms with Gasteiger partial charge in [-0.05, 0) is 37.6 Å². The molecule has 0 spiro atoms. The largest absolute Gasteiger partial charge is 0.496 e. The molecule has 0 saturated heterocycles. The Labute approximate surface area is 117 Å². The number of nitrogens with two attached hydrogens (primary N) is 2. The molecule has 17 heavy (non-hydrogen) atoms. The van der Waals surface area contributed by atoms with Crippen LogP contribution in [0.3, 0.4) is 0 Å². The summed E-state index contributed by atoms with van der Waals surface area (Å²) in [5, 5.41) is 0. The molecule has 0 aliphatic heterocycles. The van der Waals surface area contributed by atoms with E-state index in [9.17, 15) is 0 Å². The van der Waals surface area contributed by atoms with E-state index in [1.807, 2.05) is 18.2 Å². The third-order valence-electron chi connectivity index (χ3n) is 2.56. The fraction of sp³-hybridized carbons (Fsp3) is 0.500. The number of methoxy groups -OCH3 is 1. The Balaban J connectivity index is 0.00000256. The lowest BCUT2D eigenvalue weighted by atomic mass is 10.0. The van der Waals surface area contributed by atoms with Crippen LogP contribution in [0.25, 0.3) is 0 Å². The molecule has 5 heteroatoms. The molecule has 1 rings (SSSR count). The first-order valence-corrected chi connectivity index (χ1v) is 6.27. The predicted molar refractivity (Wildman–Crippen MR) is 77.8 cm³/mol. The summed E-state index contributed by atoms with van der Waals surface area (Å²) >= 11 is 3.44. The van der Waals surface area contributed by atoms with Gasteiger partial charge in [-0.15, -0.1) is 12.4 Å². The highest BCUT2D eigenvalue weighted by Gasteiger charge is 2.11. The first kappa shape index (κ1) is 16.7. The van der Waals surface area contributed by atoms with Crippen LogP contribution in [0, 0.1) is 0 Å². The van der Waals surface area contributed by atoms with Gasteiger partial charge >= 0.3 is 0 Å². The zero-order chi connectivity index (χ0) is 12.0. The van der Waals surface area contributed by atoms with Gasteiger partial charge in [0, 0.05) is 16.1 Å². The molecule has 0 radical (unpaired) electrons. The van der Waals surface area contributed by atoms with Crippen molar-refractivity contribution in [3.8, 4) is 5.75 Å². The summed E-state index contributed by atoms with van der Waals surface area (Å²) in [5.41, 5.74) is 12.6. The number of ether oxygens (including phenoxy) is 1. The molecule has 0 heterocycles. The van der Waals surface area contributed by atoms with E-state index >= 15 is 0 Å². The Hall–Kier alpha value is -0.290. The van der Waals surface area contributed by atoms with Crippen molar-refractivity contribution in [3.05, 3.63) is 28.2 Å². The van der Waals surface area contributed by atoms with E-state index in [1.165, 1.54) is 0 Å². The average Bonchev–Trinajstić information content (AvgIpc) is 2.29.